The average Bonchev–Trinajstić information content (AvgIpc) is 2.12. The maximum absolute atomic E-state index is 13.1. The maximum atomic E-state index is 13.1. The molecule has 0 aromatic carbocycles. The van der Waals surface area contributed by atoms with Gasteiger partial charge in [-0.15, -0.1) is 0 Å². The number of carbonyl (C=O) groups excluding carboxylic acids is 1. The summed E-state index contributed by atoms with van der Waals surface area (Å²) < 4.78 is 18.9. The lowest BCUT2D eigenvalue weighted by molar-refractivity contribution is 0.0496. The van der Waals surface area contributed by atoms with Crippen molar-refractivity contribution in [3.05, 3.63) is 22.5 Å². The van der Waals surface area contributed by atoms with Crippen molar-refractivity contribution >= 4 is 22.0 Å². The Kier molecular flexibility index (Phi) is 5.34. The van der Waals surface area contributed by atoms with E-state index in [1.165, 1.54) is 6.08 Å². The van der Waals surface area contributed by atoms with Crippen molar-refractivity contribution in [2.75, 3.05) is 6.54 Å². The lowest BCUT2D eigenvalue weighted by Crippen LogP contribution is -2.43. The zero-order valence-electron chi connectivity index (χ0n) is 10.7. The molecule has 0 fully saturated rings. The number of halogens is 2. The van der Waals surface area contributed by atoms with Crippen molar-refractivity contribution in [3.8, 4) is 0 Å². The van der Waals surface area contributed by atoms with Gasteiger partial charge < -0.3 is 4.74 Å². The van der Waals surface area contributed by atoms with Gasteiger partial charge in [0.25, 0.3) is 0 Å². The van der Waals surface area contributed by atoms with E-state index in [0.29, 0.717) is 13.0 Å². The molecular weight excluding hydrogens is 303 g/mol. The molecule has 0 saturated carbocycles. The first kappa shape index (κ1) is 15.2. The lowest BCUT2D eigenvalue weighted by atomic mass is 10.0. The van der Waals surface area contributed by atoms with Crippen LogP contribution in [0.3, 0.4) is 0 Å². The highest BCUT2D eigenvalue weighted by molar-refractivity contribution is 9.11. The number of rotatable bonds is 3. The van der Waals surface area contributed by atoms with E-state index in [2.05, 4.69) is 26.8 Å². The van der Waals surface area contributed by atoms with Gasteiger partial charge in [0.15, 0.2) is 0 Å². The largest absolute Gasteiger partial charge is 0.443 e. The Hall–Kier alpha value is -0.880. The molecule has 6 heteroatoms. The van der Waals surface area contributed by atoms with E-state index in [0.717, 1.165) is 4.48 Å². The Labute approximate surface area is 115 Å². The molecular formula is C12H18BrFN2O2. The van der Waals surface area contributed by atoms with Gasteiger partial charge in [-0.05, 0) is 32.8 Å². The molecule has 102 valence electrons. The molecule has 1 unspecified atom stereocenters. The van der Waals surface area contributed by atoms with E-state index in [4.69, 9.17) is 4.74 Å². The molecule has 0 radical (unpaired) electrons. The SMILES string of the molecule is CC(C)(C)OC(=O)NNCC1C=C(Br)C=C(F)C1. The molecule has 1 aliphatic carbocycles. The Morgan fingerprint density at radius 2 is 2.28 bits per heavy atom. The molecule has 0 spiro atoms. The van der Waals surface area contributed by atoms with Gasteiger partial charge in [-0.25, -0.2) is 14.6 Å². The van der Waals surface area contributed by atoms with Crippen LogP contribution in [-0.4, -0.2) is 18.2 Å². The third-order valence-electron chi connectivity index (χ3n) is 2.10. The van der Waals surface area contributed by atoms with Crippen LogP contribution in [0.5, 0.6) is 0 Å². The van der Waals surface area contributed by atoms with Crippen molar-refractivity contribution in [3.63, 3.8) is 0 Å². The molecule has 0 heterocycles. The highest BCUT2D eigenvalue weighted by Gasteiger charge is 2.17. The van der Waals surface area contributed by atoms with E-state index in [1.54, 1.807) is 20.8 Å². The maximum Gasteiger partial charge on any atom is 0.422 e. The van der Waals surface area contributed by atoms with Gasteiger partial charge in [-0.1, -0.05) is 22.0 Å². The number of nitrogens with one attached hydrogen (secondary N) is 2. The van der Waals surface area contributed by atoms with Crippen LogP contribution in [0, 0.1) is 5.92 Å². The fourth-order valence-electron chi connectivity index (χ4n) is 1.48. The van der Waals surface area contributed by atoms with Crippen LogP contribution >= 0.6 is 15.9 Å². The summed E-state index contributed by atoms with van der Waals surface area (Å²) in [6.07, 6.45) is 3.13. The summed E-state index contributed by atoms with van der Waals surface area (Å²) in [6.45, 7) is 5.80. The van der Waals surface area contributed by atoms with Gasteiger partial charge in [0.1, 0.15) is 11.4 Å². The van der Waals surface area contributed by atoms with Gasteiger partial charge in [0.05, 0.1) is 0 Å². The minimum Gasteiger partial charge on any atom is -0.443 e. The van der Waals surface area contributed by atoms with E-state index >= 15 is 0 Å². The van der Waals surface area contributed by atoms with Crippen molar-refractivity contribution in [1.29, 1.82) is 0 Å². The molecule has 0 bridgehead atoms. The first-order chi connectivity index (χ1) is 8.26. The number of ether oxygens (including phenoxy) is 1. The molecule has 1 aliphatic rings. The third kappa shape index (κ3) is 6.16. The standard InChI is InChI=1S/C12H18BrFN2O2/c1-12(2,3)18-11(17)16-15-7-8-4-9(13)6-10(14)5-8/h4,6,8,15H,5,7H2,1-3H3,(H,16,17). The van der Waals surface area contributed by atoms with Crippen LogP contribution in [0.15, 0.2) is 22.5 Å². The van der Waals surface area contributed by atoms with Crippen LogP contribution in [0.25, 0.3) is 0 Å². The molecule has 1 rings (SSSR count). The van der Waals surface area contributed by atoms with Gasteiger partial charge in [-0.3, -0.25) is 5.43 Å². The number of allylic oxidation sites excluding steroid dienone is 3. The molecule has 1 atom stereocenters. The topological polar surface area (TPSA) is 50.4 Å². The fourth-order valence-corrected chi connectivity index (χ4v) is 2.10. The van der Waals surface area contributed by atoms with Crippen LogP contribution < -0.4 is 10.9 Å². The summed E-state index contributed by atoms with van der Waals surface area (Å²) in [6, 6.07) is 0. The van der Waals surface area contributed by atoms with Crippen LogP contribution in [0.4, 0.5) is 9.18 Å². The second kappa shape index (κ2) is 6.33. The number of hydrogen-bond acceptors (Lipinski definition) is 3. The predicted octanol–water partition coefficient (Wildman–Crippen LogP) is 3.17. The van der Waals surface area contributed by atoms with E-state index in [9.17, 15) is 9.18 Å². The molecule has 4 nitrogen and oxygen atoms in total. The van der Waals surface area contributed by atoms with Crippen LogP contribution in [0.2, 0.25) is 0 Å². The van der Waals surface area contributed by atoms with Gasteiger partial charge in [0, 0.05) is 17.4 Å². The Balaban J connectivity index is 2.27. The summed E-state index contributed by atoms with van der Waals surface area (Å²) >= 11 is 3.23. The van der Waals surface area contributed by atoms with Crippen molar-refractivity contribution in [1.82, 2.24) is 10.9 Å². The monoisotopic (exact) mass is 320 g/mol. The first-order valence-electron chi connectivity index (χ1n) is 5.71. The quantitative estimate of drug-likeness (QED) is 0.785. The molecule has 18 heavy (non-hydrogen) atoms. The summed E-state index contributed by atoms with van der Waals surface area (Å²) in [4.78, 5) is 11.3. The van der Waals surface area contributed by atoms with Crippen LogP contribution in [-0.2, 0) is 4.74 Å². The summed E-state index contributed by atoms with van der Waals surface area (Å²) in [5.41, 5.74) is 4.62. The number of amides is 1. The zero-order valence-corrected chi connectivity index (χ0v) is 12.3. The first-order valence-corrected chi connectivity index (χ1v) is 6.51. The second-order valence-corrected chi connectivity index (χ2v) is 6.03. The molecule has 2 N–H and O–H groups in total. The van der Waals surface area contributed by atoms with E-state index in [1.807, 2.05) is 6.08 Å². The molecule has 0 aromatic heterocycles. The third-order valence-corrected chi connectivity index (χ3v) is 2.59. The van der Waals surface area contributed by atoms with Gasteiger partial charge in [0.2, 0.25) is 0 Å². The number of hydrazine groups is 1. The average molecular weight is 321 g/mol. The number of carbonyl (C=O) groups is 1. The van der Waals surface area contributed by atoms with Crippen LogP contribution in [0.1, 0.15) is 27.2 Å². The lowest BCUT2D eigenvalue weighted by Gasteiger charge is -2.21. The van der Waals surface area contributed by atoms with Gasteiger partial charge in [-0.2, -0.15) is 0 Å². The second-order valence-electron chi connectivity index (χ2n) is 5.11. The Morgan fingerprint density at radius 1 is 1.61 bits per heavy atom. The van der Waals surface area contributed by atoms with Crippen molar-refractivity contribution in [2.24, 2.45) is 5.92 Å². The fraction of sp³-hybridized carbons (Fsp3) is 0.583. The predicted molar refractivity (Wildman–Crippen MR) is 71.7 cm³/mol. The number of hydrogen-bond donors (Lipinski definition) is 2. The normalized spacial score (nSPS) is 19.9. The molecule has 0 aliphatic heterocycles. The van der Waals surface area contributed by atoms with E-state index < -0.39 is 11.7 Å². The minimum absolute atomic E-state index is 0.000637. The summed E-state index contributed by atoms with van der Waals surface area (Å²) in [5, 5.41) is 0. The molecule has 0 saturated heterocycles. The zero-order chi connectivity index (χ0) is 13.8. The Bertz CT molecular complexity index is 375. The summed E-state index contributed by atoms with van der Waals surface area (Å²) in [5.74, 6) is -0.173. The highest BCUT2D eigenvalue weighted by atomic mass is 79.9. The highest BCUT2D eigenvalue weighted by Crippen LogP contribution is 2.25. The van der Waals surface area contributed by atoms with E-state index in [-0.39, 0.29) is 11.7 Å². The summed E-state index contributed by atoms with van der Waals surface area (Å²) in [7, 11) is 0. The molecule has 0 aromatic rings. The van der Waals surface area contributed by atoms with Crippen molar-refractivity contribution in [2.45, 2.75) is 32.8 Å². The Morgan fingerprint density at radius 3 is 2.83 bits per heavy atom. The minimum atomic E-state index is -0.544. The van der Waals surface area contributed by atoms with Gasteiger partial charge >= 0.3 is 6.09 Å². The molecule has 1 amide bonds. The van der Waals surface area contributed by atoms with Crippen molar-refractivity contribution < 1.29 is 13.9 Å². The smallest absolute Gasteiger partial charge is 0.422 e.